The molecule has 0 radical (unpaired) electrons. The molecule has 100 valence electrons. The second kappa shape index (κ2) is 7.50. The van der Waals surface area contributed by atoms with Crippen molar-refractivity contribution in [1.82, 2.24) is 5.32 Å². The van der Waals surface area contributed by atoms with Crippen molar-refractivity contribution in [2.45, 2.75) is 13.0 Å². The molecule has 0 bridgehead atoms. The average molecular weight is 256 g/mol. The number of benzene rings is 1. The van der Waals surface area contributed by atoms with Crippen LogP contribution in [0, 0.1) is 5.82 Å². The number of rotatable bonds is 6. The largest absolute Gasteiger partial charge is 0.496 e. The predicted molar refractivity (Wildman–Crippen MR) is 64.8 cm³/mol. The summed E-state index contributed by atoms with van der Waals surface area (Å²) < 4.78 is 23.0. The molecule has 0 heterocycles. The topological polar surface area (TPSA) is 73.6 Å². The highest BCUT2D eigenvalue weighted by Gasteiger charge is 2.07. The van der Waals surface area contributed by atoms with Crippen molar-refractivity contribution in [3.8, 4) is 5.75 Å². The van der Waals surface area contributed by atoms with Gasteiger partial charge in [0, 0.05) is 12.1 Å². The zero-order valence-corrected chi connectivity index (χ0v) is 10.2. The standard InChI is InChI=1S/C12H17FN2O3/c1-17-11-4-3-10(13)7-9(11)8-18-12(16)15-6-2-5-14/h3-4,7H,2,5-6,8,14H2,1H3,(H,15,16). The van der Waals surface area contributed by atoms with Gasteiger partial charge in [0.2, 0.25) is 0 Å². The number of carbonyl (C=O) groups excluding carboxylic acids is 1. The molecule has 1 aromatic carbocycles. The minimum absolute atomic E-state index is 0.0462. The molecule has 5 nitrogen and oxygen atoms in total. The van der Waals surface area contributed by atoms with Crippen molar-refractivity contribution in [1.29, 1.82) is 0 Å². The Morgan fingerprint density at radius 2 is 2.28 bits per heavy atom. The zero-order valence-electron chi connectivity index (χ0n) is 10.2. The van der Waals surface area contributed by atoms with Crippen LogP contribution in [0.15, 0.2) is 18.2 Å². The Morgan fingerprint density at radius 1 is 1.50 bits per heavy atom. The molecule has 1 aromatic rings. The van der Waals surface area contributed by atoms with Crippen LogP contribution in [0.2, 0.25) is 0 Å². The van der Waals surface area contributed by atoms with Gasteiger partial charge in [-0.2, -0.15) is 0 Å². The average Bonchev–Trinajstić information content (AvgIpc) is 2.37. The molecule has 0 aliphatic rings. The molecule has 3 N–H and O–H groups in total. The lowest BCUT2D eigenvalue weighted by Gasteiger charge is -2.10. The molecule has 18 heavy (non-hydrogen) atoms. The lowest BCUT2D eigenvalue weighted by Crippen LogP contribution is -2.26. The number of amides is 1. The third kappa shape index (κ3) is 4.58. The van der Waals surface area contributed by atoms with E-state index in [9.17, 15) is 9.18 Å². The van der Waals surface area contributed by atoms with Crippen LogP contribution in [-0.2, 0) is 11.3 Å². The van der Waals surface area contributed by atoms with Crippen LogP contribution < -0.4 is 15.8 Å². The first-order valence-electron chi connectivity index (χ1n) is 5.60. The second-order valence-electron chi connectivity index (χ2n) is 3.60. The van der Waals surface area contributed by atoms with Crippen LogP contribution >= 0.6 is 0 Å². The Morgan fingerprint density at radius 3 is 2.94 bits per heavy atom. The predicted octanol–water partition coefficient (Wildman–Crippen LogP) is 1.41. The van der Waals surface area contributed by atoms with Crippen molar-refractivity contribution >= 4 is 6.09 Å². The summed E-state index contributed by atoms with van der Waals surface area (Å²) in [6.07, 6.45) is 0.119. The summed E-state index contributed by atoms with van der Waals surface area (Å²) in [5.74, 6) is 0.0732. The smallest absolute Gasteiger partial charge is 0.407 e. The van der Waals surface area contributed by atoms with Crippen LogP contribution in [0.3, 0.4) is 0 Å². The maximum absolute atomic E-state index is 13.0. The van der Waals surface area contributed by atoms with E-state index in [1.165, 1.54) is 25.3 Å². The third-order valence-corrected chi connectivity index (χ3v) is 2.25. The van der Waals surface area contributed by atoms with Crippen molar-refractivity contribution in [3.05, 3.63) is 29.6 Å². The van der Waals surface area contributed by atoms with Gasteiger partial charge in [0.05, 0.1) is 7.11 Å². The van der Waals surface area contributed by atoms with Gasteiger partial charge in [-0.15, -0.1) is 0 Å². The monoisotopic (exact) mass is 256 g/mol. The number of hydrogen-bond acceptors (Lipinski definition) is 4. The van der Waals surface area contributed by atoms with E-state index in [-0.39, 0.29) is 6.61 Å². The first-order valence-corrected chi connectivity index (χ1v) is 5.60. The van der Waals surface area contributed by atoms with Gasteiger partial charge in [0.15, 0.2) is 0 Å². The van der Waals surface area contributed by atoms with E-state index in [4.69, 9.17) is 15.2 Å². The molecule has 0 spiro atoms. The molecule has 0 fully saturated rings. The summed E-state index contributed by atoms with van der Waals surface area (Å²) in [5, 5.41) is 2.53. The highest BCUT2D eigenvalue weighted by Crippen LogP contribution is 2.19. The Labute approximate surface area is 105 Å². The number of nitrogens with two attached hydrogens (primary N) is 1. The SMILES string of the molecule is COc1ccc(F)cc1COC(=O)NCCCN. The Kier molecular flexibility index (Phi) is 5.93. The molecule has 0 aromatic heterocycles. The summed E-state index contributed by atoms with van der Waals surface area (Å²) in [5.41, 5.74) is 5.76. The minimum atomic E-state index is -0.560. The van der Waals surface area contributed by atoms with E-state index in [1.807, 2.05) is 0 Å². The molecule has 0 saturated heterocycles. The van der Waals surface area contributed by atoms with Crippen LogP contribution in [-0.4, -0.2) is 26.3 Å². The Hall–Kier alpha value is -1.82. The van der Waals surface area contributed by atoms with E-state index < -0.39 is 11.9 Å². The first kappa shape index (κ1) is 14.2. The lowest BCUT2D eigenvalue weighted by atomic mass is 10.2. The maximum atomic E-state index is 13.0. The molecule has 0 atom stereocenters. The lowest BCUT2D eigenvalue weighted by molar-refractivity contribution is 0.138. The summed E-state index contributed by atoms with van der Waals surface area (Å²) in [6.45, 7) is 0.906. The minimum Gasteiger partial charge on any atom is -0.496 e. The third-order valence-electron chi connectivity index (χ3n) is 2.25. The molecule has 1 amide bonds. The Bertz CT molecular complexity index is 399. The van der Waals surface area contributed by atoms with E-state index in [2.05, 4.69) is 5.32 Å². The van der Waals surface area contributed by atoms with E-state index in [0.717, 1.165) is 0 Å². The number of nitrogens with one attached hydrogen (secondary N) is 1. The molecule has 0 aliphatic heterocycles. The molecule has 0 unspecified atom stereocenters. The van der Waals surface area contributed by atoms with E-state index in [0.29, 0.717) is 30.8 Å². The first-order chi connectivity index (χ1) is 8.67. The normalized spacial score (nSPS) is 9.94. The number of carbonyl (C=O) groups is 1. The van der Waals surface area contributed by atoms with E-state index in [1.54, 1.807) is 0 Å². The van der Waals surface area contributed by atoms with Crippen LogP contribution in [0.4, 0.5) is 9.18 Å². The molecule has 0 aliphatic carbocycles. The van der Waals surface area contributed by atoms with Gasteiger partial charge in [-0.3, -0.25) is 0 Å². The van der Waals surface area contributed by atoms with Gasteiger partial charge in [0.25, 0.3) is 0 Å². The summed E-state index contributed by atoms with van der Waals surface area (Å²) in [7, 11) is 1.47. The van der Waals surface area contributed by atoms with Gasteiger partial charge < -0.3 is 20.5 Å². The van der Waals surface area contributed by atoms with Crippen LogP contribution in [0.5, 0.6) is 5.75 Å². The molecular weight excluding hydrogens is 239 g/mol. The van der Waals surface area contributed by atoms with Crippen molar-refractivity contribution < 1.29 is 18.7 Å². The van der Waals surface area contributed by atoms with Crippen LogP contribution in [0.1, 0.15) is 12.0 Å². The van der Waals surface area contributed by atoms with E-state index >= 15 is 0 Å². The highest BCUT2D eigenvalue weighted by atomic mass is 19.1. The zero-order chi connectivity index (χ0) is 13.4. The quantitative estimate of drug-likeness (QED) is 0.755. The number of methoxy groups -OCH3 is 1. The number of alkyl carbamates (subject to hydrolysis) is 1. The van der Waals surface area contributed by atoms with Gasteiger partial charge in [-0.05, 0) is 31.2 Å². The van der Waals surface area contributed by atoms with Crippen molar-refractivity contribution in [2.24, 2.45) is 5.73 Å². The van der Waals surface area contributed by atoms with Gasteiger partial charge in [-0.1, -0.05) is 0 Å². The maximum Gasteiger partial charge on any atom is 0.407 e. The fourth-order valence-corrected chi connectivity index (χ4v) is 1.35. The van der Waals surface area contributed by atoms with Crippen molar-refractivity contribution in [2.75, 3.05) is 20.2 Å². The number of halogens is 1. The second-order valence-corrected chi connectivity index (χ2v) is 3.60. The molecule has 1 rings (SSSR count). The fourth-order valence-electron chi connectivity index (χ4n) is 1.35. The molecule has 0 saturated carbocycles. The number of hydrogen-bond donors (Lipinski definition) is 2. The highest BCUT2D eigenvalue weighted by molar-refractivity contribution is 5.67. The number of ether oxygens (including phenoxy) is 2. The summed E-state index contributed by atoms with van der Waals surface area (Å²) >= 11 is 0. The van der Waals surface area contributed by atoms with Crippen molar-refractivity contribution in [3.63, 3.8) is 0 Å². The summed E-state index contributed by atoms with van der Waals surface area (Å²) in [4.78, 5) is 11.3. The van der Waals surface area contributed by atoms with Gasteiger partial charge in [0.1, 0.15) is 18.2 Å². The Balaban J connectivity index is 2.47. The molecule has 6 heteroatoms. The molecular formula is C12H17FN2O3. The summed E-state index contributed by atoms with van der Waals surface area (Å²) in [6, 6.07) is 4.04. The van der Waals surface area contributed by atoms with Gasteiger partial charge in [-0.25, -0.2) is 9.18 Å². The van der Waals surface area contributed by atoms with Gasteiger partial charge >= 0.3 is 6.09 Å². The fraction of sp³-hybridized carbons (Fsp3) is 0.417. The van der Waals surface area contributed by atoms with Crippen LogP contribution in [0.25, 0.3) is 0 Å².